The molecule has 0 saturated carbocycles. The van der Waals surface area contributed by atoms with Gasteiger partial charge in [0.05, 0.1) is 17.1 Å². The van der Waals surface area contributed by atoms with Crippen LogP contribution in [0, 0.1) is 20.8 Å². The molecule has 30 heavy (non-hydrogen) atoms. The molecule has 1 N–H and O–H groups in total. The van der Waals surface area contributed by atoms with Crippen molar-refractivity contribution in [1.29, 1.82) is 0 Å². The highest BCUT2D eigenvalue weighted by molar-refractivity contribution is 7.91. The summed E-state index contributed by atoms with van der Waals surface area (Å²) in [5.74, 6) is -0.0688. The Labute approximate surface area is 176 Å². The molecular formula is C22H25N3O4S. The molecule has 0 bridgehead atoms. The number of carbonyl (C=O) groups excluding carboxylic acids is 1. The molecule has 0 saturated heterocycles. The van der Waals surface area contributed by atoms with Crippen molar-refractivity contribution in [2.45, 2.75) is 44.9 Å². The number of anilines is 1. The van der Waals surface area contributed by atoms with Crippen molar-refractivity contribution in [2.24, 2.45) is 0 Å². The van der Waals surface area contributed by atoms with Crippen LogP contribution in [-0.2, 0) is 21.1 Å². The van der Waals surface area contributed by atoms with Crippen molar-refractivity contribution >= 4 is 21.8 Å². The maximum absolute atomic E-state index is 12.3. The summed E-state index contributed by atoms with van der Waals surface area (Å²) in [5.41, 5.74) is 4.38. The molecule has 0 radical (unpaired) electrons. The average molecular weight is 428 g/mol. The highest BCUT2D eigenvalue weighted by atomic mass is 32.2. The lowest BCUT2D eigenvalue weighted by molar-refractivity contribution is -0.116. The Hall–Kier alpha value is -3.00. The number of hydrogen-bond donors (Lipinski definition) is 1. The molecule has 0 spiro atoms. The van der Waals surface area contributed by atoms with Gasteiger partial charge >= 0.3 is 6.01 Å². The summed E-state index contributed by atoms with van der Waals surface area (Å²) < 4.78 is 30.2. The Kier molecular flexibility index (Phi) is 6.66. The van der Waals surface area contributed by atoms with E-state index < -0.39 is 9.84 Å². The third-order valence-corrected chi connectivity index (χ3v) is 6.57. The molecule has 3 aromatic rings. The van der Waals surface area contributed by atoms with E-state index in [0.717, 1.165) is 16.7 Å². The minimum atomic E-state index is -3.41. The molecule has 0 unspecified atom stereocenters. The number of carbonyl (C=O) groups is 1. The molecule has 1 amide bonds. The van der Waals surface area contributed by atoms with Gasteiger partial charge in [-0.3, -0.25) is 10.1 Å². The lowest BCUT2D eigenvalue weighted by Crippen LogP contribution is -2.14. The predicted molar refractivity (Wildman–Crippen MR) is 114 cm³/mol. The van der Waals surface area contributed by atoms with Gasteiger partial charge in [0.1, 0.15) is 0 Å². The summed E-state index contributed by atoms with van der Waals surface area (Å²) in [6.07, 6.45) is 0.718. The fourth-order valence-electron chi connectivity index (χ4n) is 3.05. The van der Waals surface area contributed by atoms with E-state index in [1.807, 2.05) is 32.9 Å². The van der Waals surface area contributed by atoms with Crippen LogP contribution in [0.2, 0.25) is 0 Å². The summed E-state index contributed by atoms with van der Waals surface area (Å²) in [5, 5.41) is 10.3. The maximum atomic E-state index is 12.3. The molecule has 0 aliphatic carbocycles. The highest BCUT2D eigenvalue weighted by Gasteiger charge is 2.16. The normalized spacial score (nSPS) is 11.4. The molecule has 158 valence electrons. The van der Waals surface area contributed by atoms with Gasteiger partial charge in [-0.15, -0.1) is 5.10 Å². The van der Waals surface area contributed by atoms with Gasteiger partial charge in [-0.1, -0.05) is 46.6 Å². The monoisotopic (exact) mass is 427 g/mol. The van der Waals surface area contributed by atoms with Crippen LogP contribution in [0.4, 0.5) is 6.01 Å². The van der Waals surface area contributed by atoms with Crippen LogP contribution in [0.5, 0.6) is 0 Å². The van der Waals surface area contributed by atoms with Crippen LogP contribution >= 0.6 is 0 Å². The standard InChI is InChI=1S/C22H25N3O4S/c1-15-7-10-19(11-8-15)30(27,28)12-4-5-20(26)23-22-25-24-21(29-22)14-18-9-6-16(2)13-17(18)3/h6-11,13H,4-5,12,14H2,1-3H3,(H,23,25,26). The Morgan fingerprint density at radius 3 is 2.40 bits per heavy atom. The van der Waals surface area contributed by atoms with Gasteiger partial charge in [0.25, 0.3) is 0 Å². The SMILES string of the molecule is Cc1ccc(S(=O)(=O)CCCC(=O)Nc2nnc(Cc3ccc(C)cc3C)o2)cc1. The number of amides is 1. The summed E-state index contributed by atoms with van der Waals surface area (Å²) in [4.78, 5) is 12.4. The molecule has 0 atom stereocenters. The van der Waals surface area contributed by atoms with Crippen LogP contribution in [0.1, 0.15) is 41.0 Å². The fraction of sp³-hybridized carbons (Fsp3) is 0.318. The summed E-state index contributed by atoms with van der Waals surface area (Å²) in [7, 11) is -3.41. The van der Waals surface area contributed by atoms with Gasteiger partial charge in [0, 0.05) is 6.42 Å². The first-order valence-electron chi connectivity index (χ1n) is 9.71. The first kappa shape index (κ1) is 21.7. The maximum Gasteiger partial charge on any atom is 0.322 e. The number of aromatic nitrogens is 2. The molecule has 0 aliphatic rings. The van der Waals surface area contributed by atoms with Crippen molar-refractivity contribution in [3.05, 3.63) is 70.6 Å². The Balaban J connectivity index is 1.50. The van der Waals surface area contributed by atoms with Gasteiger partial charge in [0.2, 0.25) is 11.8 Å². The first-order chi connectivity index (χ1) is 14.2. The Morgan fingerprint density at radius 2 is 1.70 bits per heavy atom. The molecule has 3 rings (SSSR count). The van der Waals surface area contributed by atoms with Gasteiger partial charge in [-0.25, -0.2) is 8.42 Å². The first-order valence-corrected chi connectivity index (χ1v) is 11.4. The van der Waals surface area contributed by atoms with E-state index in [-0.39, 0.29) is 35.4 Å². The molecule has 1 aromatic heterocycles. The predicted octanol–water partition coefficient (Wildman–Crippen LogP) is 3.78. The lowest BCUT2D eigenvalue weighted by Gasteiger charge is -2.05. The number of rotatable bonds is 8. The average Bonchev–Trinajstić information content (AvgIpc) is 3.11. The van der Waals surface area contributed by atoms with Gasteiger partial charge in [0.15, 0.2) is 9.84 Å². The van der Waals surface area contributed by atoms with E-state index in [1.165, 1.54) is 5.56 Å². The van der Waals surface area contributed by atoms with E-state index >= 15 is 0 Å². The topological polar surface area (TPSA) is 102 Å². The second-order valence-electron chi connectivity index (χ2n) is 7.39. The number of aryl methyl sites for hydroxylation is 3. The minimum absolute atomic E-state index is 0.0150. The third kappa shape index (κ3) is 5.76. The summed E-state index contributed by atoms with van der Waals surface area (Å²) in [6.45, 7) is 5.95. The van der Waals surface area contributed by atoms with Crippen molar-refractivity contribution in [2.75, 3.05) is 11.1 Å². The second-order valence-corrected chi connectivity index (χ2v) is 9.50. The Morgan fingerprint density at radius 1 is 1.00 bits per heavy atom. The third-order valence-electron chi connectivity index (χ3n) is 4.75. The van der Waals surface area contributed by atoms with Gasteiger partial charge in [-0.05, 0) is 50.5 Å². The second kappa shape index (κ2) is 9.21. The minimum Gasteiger partial charge on any atom is -0.407 e. The van der Waals surface area contributed by atoms with E-state index in [0.29, 0.717) is 12.3 Å². The van der Waals surface area contributed by atoms with Crippen molar-refractivity contribution < 1.29 is 17.6 Å². The Bertz CT molecular complexity index is 1140. The highest BCUT2D eigenvalue weighted by Crippen LogP contribution is 2.17. The van der Waals surface area contributed by atoms with E-state index in [4.69, 9.17) is 4.42 Å². The van der Waals surface area contributed by atoms with E-state index in [1.54, 1.807) is 24.3 Å². The fourth-order valence-corrected chi connectivity index (χ4v) is 4.36. The number of nitrogens with one attached hydrogen (secondary N) is 1. The zero-order valence-electron chi connectivity index (χ0n) is 17.3. The number of hydrogen-bond acceptors (Lipinski definition) is 6. The van der Waals surface area contributed by atoms with Crippen LogP contribution in [0.15, 0.2) is 51.8 Å². The van der Waals surface area contributed by atoms with E-state index in [2.05, 4.69) is 21.6 Å². The molecule has 2 aromatic carbocycles. The largest absolute Gasteiger partial charge is 0.407 e. The number of benzene rings is 2. The molecule has 8 heteroatoms. The van der Waals surface area contributed by atoms with Crippen LogP contribution in [-0.4, -0.2) is 30.3 Å². The molecule has 0 aliphatic heterocycles. The van der Waals surface area contributed by atoms with Crippen LogP contribution in [0.25, 0.3) is 0 Å². The summed E-state index contributed by atoms with van der Waals surface area (Å²) >= 11 is 0. The molecule has 7 nitrogen and oxygen atoms in total. The van der Waals surface area contributed by atoms with Gasteiger partial charge in [-0.2, -0.15) is 0 Å². The molecule has 0 fully saturated rings. The van der Waals surface area contributed by atoms with Crippen molar-refractivity contribution in [1.82, 2.24) is 10.2 Å². The zero-order chi connectivity index (χ0) is 21.7. The van der Waals surface area contributed by atoms with E-state index in [9.17, 15) is 13.2 Å². The smallest absolute Gasteiger partial charge is 0.322 e. The molecular weight excluding hydrogens is 402 g/mol. The van der Waals surface area contributed by atoms with Crippen LogP contribution < -0.4 is 5.32 Å². The number of sulfone groups is 1. The van der Waals surface area contributed by atoms with Crippen molar-refractivity contribution in [3.63, 3.8) is 0 Å². The lowest BCUT2D eigenvalue weighted by atomic mass is 10.0. The summed E-state index contributed by atoms with van der Waals surface area (Å²) in [6, 6.07) is 12.8. The quantitative estimate of drug-likeness (QED) is 0.587. The molecule has 1 heterocycles. The zero-order valence-corrected chi connectivity index (χ0v) is 18.1. The number of nitrogens with zero attached hydrogens (tertiary/aromatic N) is 2. The van der Waals surface area contributed by atoms with Crippen LogP contribution in [0.3, 0.4) is 0 Å². The van der Waals surface area contributed by atoms with Crippen molar-refractivity contribution in [3.8, 4) is 0 Å². The van der Waals surface area contributed by atoms with Gasteiger partial charge < -0.3 is 4.42 Å².